The highest BCUT2D eigenvalue weighted by molar-refractivity contribution is 8.05. The molecule has 1 fully saturated rings. The summed E-state index contributed by atoms with van der Waals surface area (Å²) in [6.45, 7) is 2.95. The zero-order valence-corrected chi connectivity index (χ0v) is 18.9. The van der Waals surface area contributed by atoms with E-state index in [-0.39, 0.29) is 29.4 Å². The van der Waals surface area contributed by atoms with Crippen LogP contribution >= 0.6 is 11.8 Å². The number of nitrogens with zero attached hydrogens (tertiary/aromatic N) is 4. The summed E-state index contributed by atoms with van der Waals surface area (Å²) in [7, 11) is 2.25. The predicted molar refractivity (Wildman–Crippen MR) is 111 cm³/mol. The van der Waals surface area contributed by atoms with Crippen molar-refractivity contribution in [1.82, 2.24) is 25.2 Å². The first kappa shape index (κ1) is 24.0. The maximum absolute atomic E-state index is 13.0. The summed E-state index contributed by atoms with van der Waals surface area (Å²) in [6, 6.07) is -1.24. The van der Waals surface area contributed by atoms with Gasteiger partial charge in [-0.25, -0.2) is 19.1 Å². The standard InChI is InChI=1S/C19H21N5O8S/c1-8(24-15(19(30)32-4)13(21-22-24)18(29)31-3)12-10-7-11(33-6-5-20-9(2)25)14(17(27)28)23(10)16(12)26/h5-6,8,10,12H,7H2,1-4H3,(H,20,25)(H,27,28)/b6-5+/t8-,10-,12-/m1/s1. The lowest BCUT2D eigenvalue weighted by molar-refractivity contribution is -0.157. The quantitative estimate of drug-likeness (QED) is 0.388. The number of ether oxygens (including phenoxy) is 2. The SMILES string of the molecule is COC(=O)c1nnn([C@H](C)[C@H]2C(=O)N3C(C(=O)O)=C(S/C=C/NC(C)=O)C[C@H]23)c1C(=O)OC. The van der Waals surface area contributed by atoms with Gasteiger partial charge >= 0.3 is 17.9 Å². The molecule has 0 aromatic carbocycles. The second-order valence-electron chi connectivity index (χ2n) is 7.16. The van der Waals surface area contributed by atoms with Crippen LogP contribution < -0.4 is 5.32 Å². The Morgan fingerprint density at radius 1 is 1.24 bits per heavy atom. The Morgan fingerprint density at radius 3 is 2.48 bits per heavy atom. The first-order valence-corrected chi connectivity index (χ1v) is 10.5. The number of fused-ring (bicyclic) bond motifs is 1. The van der Waals surface area contributed by atoms with E-state index < -0.39 is 41.8 Å². The Balaban J connectivity index is 1.88. The van der Waals surface area contributed by atoms with Crippen LogP contribution in [0.5, 0.6) is 0 Å². The molecular weight excluding hydrogens is 458 g/mol. The van der Waals surface area contributed by atoms with Gasteiger partial charge in [-0.05, 0) is 12.3 Å². The van der Waals surface area contributed by atoms with Gasteiger partial charge in [0, 0.05) is 24.4 Å². The van der Waals surface area contributed by atoms with Crippen LogP contribution in [0, 0.1) is 5.92 Å². The predicted octanol–water partition coefficient (Wildman–Crippen LogP) is 0.280. The van der Waals surface area contributed by atoms with Crippen molar-refractivity contribution in [3.05, 3.63) is 33.6 Å². The summed E-state index contributed by atoms with van der Waals surface area (Å²) in [5.74, 6) is -4.50. The molecule has 2 aliphatic rings. The molecule has 3 atom stereocenters. The van der Waals surface area contributed by atoms with Gasteiger partial charge in [-0.1, -0.05) is 17.0 Å². The Kier molecular flexibility index (Phi) is 6.86. The number of aromatic nitrogens is 3. The molecule has 2 aliphatic heterocycles. The van der Waals surface area contributed by atoms with Gasteiger partial charge in [-0.3, -0.25) is 9.59 Å². The van der Waals surface area contributed by atoms with Crippen molar-refractivity contribution in [2.45, 2.75) is 32.4 Å². The van der Waals surface area contributed by atoms with Gasteiger partial charge in [0.15, 0.2) is 5.69 Å². The number of hydrogen-bond donors (Lipinski definition) is 2. The highest BCUT2D eigenvalue weighted by Gasteiger charge is 2.58. The molecule has 14 heteroatoms. The molecule has 0 spiro atoms. The number of aliphatic carboxylic acids is 1. The summed E-state index contributed by atoms with van der Waals surface area (Å²) in [4.78, 5) is 61.7. The maximum Gasteiger partial charge on any atom is 0.361 e. The molecule has 1 saturated heterocycles. The lowest BCUT2D eigenvalue weighted by Crippen LogP contribution is -2.60. The van der Waals surface area contributed by atoms with Crippen LogP contribution in [0.4, 0.5) is 0 Å². The molecule has 2 N–H and O–H groups in total. The number of amides is 2. The molecule has 0 saturated carbocycles. The summed E-state index contributed by atoms with van der Waals surface area (Å²) in [5, 5.41) is 21.2. The Bertz CT molecular complexity index is 1090. The first-order valence-electron chi connectivity index (χ1n) is 9.64. The monoisotopic (exact) mass is 479 g/mol. The fraction of sp³-hybridized carbons (Fsp3) is 0.421. The fourth-order valence-electron chi connectivity index (χ4n) is 3.86. The van der Waals surface area contributed by atoms with E-state index in [9.17, 15) is 29.1 Å². The first-order chi connectivity index (χ1) is 15.6. The van der Waals surface area contributed by atoms with Crippen molar-refractivity contribution in [2.75, 3.05) is 14.2 Å². The summed E-state index contributed by atoms with van der Waals surface area (Å²) in [6.07, 6.45) is 1.63. The van der Waals surface area contributed by atoms with Gasteiger partial charge in [0.25, 0.3) is 0 Å². The number of carbonyl (C=O) groups is 5. The van der Waals surface area contributed by atoms with Crippen LogP contribution in [-0.4, -0.2) is 75.0 Å². The second kappa shape index (κ2) is 9.44. The number of thioether (sulfide) groups is 1. The van der Waals surface area contributed by atoms with Gasteiger partial charge in [-0.2, -0.15) is 0 Å². The normalized spacial score (nSPS) is 20.4. The van der Waals surface area contributed by atoms with Crippen LogP contribution in [0.15, 0.2) is 22.2 Å². The molecule has 176 valence electrons. The minimum atomic E-state index is -1.25. The van der Waals surface area contributed by atoms with Crippen molar-refractivity contribution >= 4 is 41.5 Å². The van der Waals surface area contributed by atoms with Crippen LogP contribution in [0.1, 0.15) is 47.3 Å². The number of rotatable bonds is 8. The van der Waals surface area contributed by atoms with E-state index in [1.165, 1.54) is 23.4 Å². The third kappa shape index (κ3) is 4.20. The van der Waals surface area contributed by atoms with E-state index in [1.807, 2.05) is 0 Å². The van der Waals surface area contributed by atoms with E-state index in [1.54, 1.807) is 6.92 Å². The minimum absolute atomic E-state index is 0.132. The molecule has 0 bridgehead atoms. The lowest BCUT2D eigenvalue weighted by Gasteiger charge is -2.45. The number of β-lactam (4-membered cyclic amide) rings is 1. The van der Waals surface area contributed by atoms with Gasteiger partial charge in [-0.15, -0.1) is 5.10 Å². The smallest absolute Gasteiger partial charge is 0.361 e. The third-order valence-electron chi connectivity index (χ3n) is 5.29. The summed E-state index contributed by atoms with van der Waals surface area (Å²) < 4.78 is 10.5. The van der Waals surface area contributed by atoms with Gasteiger partial charge in [0.05, 0.1) is 32.2 Å². The number of esters is 2. The molecule has 0 unspecified atom stereocenters. The molecule has 1 aromatic heterocycles. The summed E-state index contributed by atoms with van der Waals surface area (Å²) >= 11 is 1.08. The molecule has 3 heterocycles. The van der Waals surface area contributed by atoms with Crippen molar-refractivity contribution in [2.24, 2.45) is 5.92 Å². The Labute approximate surface area is 191 Å². The van der Waals surface area contributed by atoms with E-state index in [0.29, 0.717) is 4.91 Å². The Morgan fingerprint density at radius 2 is 1.91 bits per heavy atom. The molecule has 0 aliphatic carbocycles. The fourth-order valence-corrected chi connectivity index (χ4v) is 4.72. The van der Waals surface area contributed by atoms with Gasteiger partial charge < -0.3 is 24.8 Å². The molecular formula is C19H21N5O8S. The highest BCUT2D eigenvalue weighted by atomic mass is 32.2. The van der Waals surface area contributed by atoms with Crippen molar-refractivity contribution in [1.29, 1.82) is 0 Å². The van der Waals surface area contributed by atoms with Crippen molar-refractivity contribution < 1.29 is 38.6 Å². The average molecular weight is 479 g/mol. The zero-order valence-electron chi connectivity index (χ0n) is 18.1. The topological polar surface area (TPSA) is 170 Å². The average Bonchev–Trinajstić information content (AvgIpc) is 3.35. The molecule has 2 amide bonds. The molecule has 13 nitrogen and oxygen atoms in total. The maximum atomic E-state index is 13.0. The van der Waals surface area contributed by atoms with Crippen molar-refractivity contribution in [3.63, 3.8) is 0 Å². The third-order valence-corrected chi connectivity index (χ3v) is 6.21. The number of carbonyl (C=O) groups excluding carboxylic acids is 4. The van der Waals surface area contributed by atoms with Crippen LogP contribution in [-0.2, 0) is 23.9 Å². The van der Waals surface area contributed by atoms with Crippen LogP contribution in [0.2, 0.25) is 0 Å². The van der Waals surface area contributed by atoms with Gasteiger partial charge in [0.1, 0.15) is 5.70 Å². The lowest BCUT2D eigenvalue weighted by atomic mass is 9.82. The van der Waals surface area contributed by atoms with Gasteiger partial charge in [0.2, 0.25) is 17.5 Å². The zero-order chi connectivity index (χ0) is 24.4. The van der Waals surface area contributed by atoms with Crippen LogP contribution in [0.3, 0.4) is 0 Å². The molecule has 3 rings (SSSR count). The molecule has 0 radical (unpaired) electrons. The molecule has 1 aromatic rings. The number of nitrogens with one attached hydrogen (secondary N) is 1. The highest BCUT2D eigenvalue weighted by Crippen LogP contribution is 2.49. The number of hydrogen-bond acceptors (Lipinski definition) is 10. The van der Waals surface area contributed by atoms with E-state index in [0.717, 1.165) is 30.7 Å². The Hall–Kier alpha value is -3.68. The van der Waals surface area contributed by atoms with Crippen LogP contribution in [0.25, 0.3) is 0 Å². The van der Waals surface area contributed by atoms with E-state index in [4.69, 9.17) is 4.74 Å². The number of methoxy groups -OCH3 is 2. The second-order valence-corrected chi connectivity index (χ2v) is 8.16. The largest absolute Gasteiger partial charge is 0.477 e. The van der Waals surface area contributed by atoms with E-state index >= 15 is 0 Å². The summed E-state index contributed by atoms with van der Waals surface area (Å²) in [5.41, 5.74) is -0.747. The minimum Gasteiger partial charge on any atom is -0.477 e. The number of carboxylic acids is 1. The molecule has 33 heavy (non-hydrogen) atoms. The number of carboxylic acid groups (broad SMARTS) is 1. The van der Waals surface area contributed by atoms with Crippen molar-refractivity contribution in [3.8, 4) is 0 Å². The van der Waals surface area contributed by atoms with E-state index in [2.05, 4.69) is 20.4 Å².